The number of rotatable bonds is 1. The first-order valence-corrected chi connectivity index (χ1v) is 4.02. The number of nitrogens with one attached hydrogen (secondary N) is 1. The van der Waals surface area contributed by atoms with E-state index in [1.807, 2.05) is 0 Å². The largest absolute Gasteiger partial charge is 0.462 e. The molecule has 74 valence electrons. The molecule has 0 saturated heterocycles. The predicted octanol–water partition coefficient (Wildman–Crippen LogP) is 0.846. The highest BCUT2D eigenvalue weighted by Crippen LogP contribution is 2.16. The second kappa shape index (κ2) is 4.57. The molecule has 0 atom stereocenters. The average molecular weight is 215 g/mol. The Bertz CT molecular complexity index is 367. The van der Waals surface area contributed by atoms with Gasteiger partial charge in [0.15, 0.2) is 5.82 Å². The van der Waals surface area contributed by atoms with E-state index in [4.69, 9.17) is 11.6 Å². The van der Waals surface area contributed by atoms with E-state index in [9.17, 15) is 9.59 Å². The summed E-state index contributed by atoms with van der Waals surface area (Å²) in [4.78, 5) is 25.5. The van der Waals surface area contributed by atoms with Crippen LogP contribution in [-0.4, -0.2) is 24.0 Å². The van der Waals surface area contributed by atoms with Crippen LogP contribution in [-0.2, 0) is 14.3 Å². The molecule has 0 saturated carbocycles. The van der Waals surface area contributed by atoms with Crippen LogP contribution in [0.25, 0.3) is 0 Å². The third-order valence-corrected chi connectivity index (χ3v) is 1.67. The number of esters is 1. The van der Waals surface area contributed by atoms with Gasteiger partial charge in [-0.2, -0.15) is 0 Å². The molecule has 14 heavy (non-hydrogen) atoms. The van der Waals surface area contributed by atoms with Crippen molar-refractivity contribution in [3.05, 3.63) is 23.4 Å². The normalized spacial score (nSPS) is 9.29. The molecule has 0 aliphatic carbocycles. The zero-order valence-corrected chi connectivity index (χ0v) is 8.04. The van der Waals surface area contributed by atoms with Gasteiger partial charge in [-0.3, -0.25) is 10.1 Å². The Morgan fingerprint density at radius 3 is 2.86 bits per heavy atom. The summed E-state index contributed by atoms with van der Waals surface area (Å²) in [6.07, 6.45) is 1.44. The van der Waals surface area contributed by atoms with Crippen LogP contribution in [0.3, 0.4) is 0 Å². The summed E-state index contributed by atoms with van der Waals surface area (Å²) in [6.45, 7) is 0. The first kappa shape index (κ1) is 10.5. The maximum absolute atomic E-state index is 11.0. The van der Waals surface area contributed by atoms with Gasteiger partial charge >= 0.3 is 11.9 Å². The Balaban J connectivity index is 2.75. The molecule has 1 heterocycles. The van der Waals surface area contributed by atoms with E-state index in [2.05, 4.69) is 15.0 Å². The van der Waals surface area contributed by atoms with E-state index in [0.29, 0.717) is 0 Å². The van der Waals surface area contributed by atoms with Crippen LogP contribution in [0, 0.1) is 0 Å². The van der Waals surface area contributed by atoms with Crippen LogP contribution < -0.4 is 5.32 Å². The lowest BCUT2D eigenvalue weighted by molar-refractivity contribution is -0.150. The number of nitrogens with zero attached hydrogens (tertiary/aromatic N) is 1. The Hall–Kier alpha value is -1.62. The van der Waals surface area contributed by atoms with Crippen molar-refractivity contribution < 1.29 is 14.3 Å². The molecule has 0 aromatic carbocycles. The number of anilines is 1. The lowest BCUT2D eigenvalue weighted by Crippen LogP contribution is -2.24. The smallest absolute Gasteiger partial charge is 0.396 e. The highest BCUT2D eigenvalue weighted by molar-refractivity contribution is 6.39. The Kier molecular flexibility index (Phi) is 3.41. The van der Waals surface area contributed by atoms with Gasteiger partial charge in [0.2, 0.25) is 0 Å². The fourth-order valence-corrected chi connectivity index (χ4v) is 0.898. The molecule has 6 heteroatoms. The summed E-state index contributed by atoms with van der Waals surface area (Å²) in [5.41, 5.74) is 0. The minimum Gasteiger partial charge on any atom is -0.462 e. The number of hydrogen-bond donors (Lipinski definition) is 1. The topological polar surface area (TPSA) is 68.3 Å². The number of carbonyl (C=O) groups is 2. The number of aromatic nitrogens is 1. The van der Waals surface area contributed by atoms with E-state index < -0.39 is 11.9 Å². The lowest BCUT2D eigenvalue weighted by Gasteiger charge is -2.03. The highest BCUT2D eigenvalue weighted by atomic mass is 35.5. The minimum absolute atomic E-state index is 0.129. The van der Waals surface area contributed by atoms with E-state index in [1.165, 1.54) is 6.20 Å². The SMILES string of the molecule is COC(=O)C(=O)Nc1ncccc1Cl. The van der Waals surface area contributed by atoms with Crippen LogP contribution in [0.15, 0.2) is 18.3 Å². The molecule has 0 spiro atoms. The van der Waals surface area contributed by atoms with Crippen LogP contribution in [0.4, 0.5) is 5.82 Å². The number of pyridine rings is 1. The van der Waals surface area contributed by atoms with Crippen molar-refractivity contribution in [3.8, 4) is 0 Å². The number of carbonyl (C=O) groups excluding carboxylic acids is 2. The fourth-order valence-electron chi connectivity index (χ4n) is 0.729. The molecule has 0 radical (unpaired) electrons. The van der Waals surface area contributed by atoms with Gasteiger partial charge in [-0.1, -0.05) is 11.6 Å². The zero-order chi connectivity index (χ0) is 10.6. The van der Waals surface area contributed by atoms with E-state index in [-0.39, 0.29) is 10.8 Å². The third-order valence-electron chi connectivity index (χ3n) is 1.36. The predicted molar refractivity (Wildman–Crippen MR) is 49.9 cm³/mol. The lowest BCUT2D eigenvalue weighted by atomic mass is 10.4. The summed E-state index contributed by atoms with van der Waals surface area (Å²) in [6, 6.07) is 3.15. The molecule has 5 nitrogen and oxygen atoms in total. The van der Waals surface area contributed by atoms with Crippen molar-refractivity contribution in [2.75, 3.05) is 12.4 Å². The Morgan fingerprint density at radius 1 is 1.57 bits per heavy atom. The third kappa shape index (κ3) is 2.43. The van der Waals surface area contributed by atoms with Gasteiger partial charge in [0.1, 0.15) is 0 Å². The first-order valence-electron chi connectivity index (χ1n) is 3.65. The van der Waals surface area contributed by atoms with Crippen molar-refractivity contribution >= 4 is 29.3 Å². The Morgan fingerprint density at radius 2 is 2.29 bits per heavy atom. The van der Waals surface area contributed by atoms with Gasteiger partial charge in [-0.25, -0.2) is 9.78 Å². The maximum atomic E-state index is 11.0. The summed E-state index contributed by atoms with van der Waals surface area (Å²) < 4.78 is 4.20. The molecule has 1 N–H and O–H groups in total. The maximum Gasteiger partial charge on any atom is 0.396 e. The number of hydrogen-bond acceptors (Lipinski definition) is 4. The first-order chi connectivity index (χ1) is 6.65. The summed E-state index contributed by atoms with van der Waals surface area (Å²) >= 11 is 5.69. The van der Waals surface area contributed by atoms with Crippen molar-refractivity contribution in [2.24, 2.45) is 0 Å². The second-order valence-corrected chi connectivity index (χ2v) is 2.69. The minimum atomic E-state index is -0.994. The van der Waals surface area contributed by atoms with Crippen LogP contribution in [0.1, 0.15) is 0 Å². The molecular formula is C8H7ClN2O3. The van der Waals surface area contributed by atoms with E-state index in [1.54, 1.807) is 12.1 Å². The van der Waals surface area contributed by atoms with E-state index in [0.717, 1.165) is 7.11 Å². The molecule has 0 aliphatic rings. The van der Waals surface area contributed by atoms with Crippen LogP contribution >= 0.6 is 11.6 Å². The molecular weight excluding hydrogens is 208 g/mol. The number of methoxy groups -OCH3 is 1. The van der Waals surface area contributed by atoms with Crippen molar-refractivity contribution in [3.63, 3.8) is 0 Å². The van der Waals surface area contributed by atoms with Gasteiger partial charge in [0.05, 0.1) is 12.1 Å². The number of ether oxygens (including phenoxy) is 1. The number of halogens is 1. The molecule has 1 amide bonds. The summed E-state index contributed by atoms with van der Waals surface area (Å²) in [7, 11) is 1.11. The van der Waals surface area contributed by atoms with Crippen LogP contribution in [0.5, 0.6) is 0 Å². The monoisotopic (exact) mass is 214 g/mol. The Labute approximate surface area is 85.0 Å². The molecule has 0 aliphatic heterocycles. The second-order valence-electron chi connectivity index (χ2n) is 2.28. The van der Waals surface area contributed by atoms with E-state index >= 15 is 0 Å². The molecule has 1 aromatic heterocycles. The average Bonchev–Trinajstić information content (AvgIpc) is 2.20. The van der Waals surface area contributed by atoms with Crippen LogP contribution in [0.2, 0.25) is 5.02 Å². The standard InChI is InChI=1S/C8H7ClN2O3/c1-14-8(13)7(12)11-6-5(9)3-2-4-10-6/h2-4H,1H3,(H,10,11,12). The summed E-state index contributed by atoms with van der Waals surface area (Å²) in [5.74, 6) is -1.77. The molecule has 0 bridgehead atoms. The fraction of sp³-hybridized carbons (Fsp3) is 0.125. The van der Waals surface area contributed by atoms with Crippen molar-refractivity contribution in [2.45, 2.75) is 0 Å². The van der Waals surface area contributed by atoms with Gasteiger partial charge in [-0.15, -0.1) is 0 Å². The highest BCUT2D eigenvalue weighted by Gasteiger charge is 2.15. The van der Waals surface area contributed by atoms with Crippen molar-refractivity contribution in [1.82, 2.24) is 4.98 Å². The quantitative estimate of drug-likeness (QED) is 0.556. The zero-order valence-electron chi connectivity index (χ0n) is 7.28. The summed E-state index contributed by atoms with van der Waals surface area (Å²) in [5, 5.41) is 2.46. The van der Waals surface area contributed by atoms with Gasteiger partial charge in [0, 0.05) is 6.20 Å². The van der Waals surface area contributed by atoms with Gasteiger partial charge < -0.3 is 4.74 Å². The van der Waals surface area contributed by atoms with Crippen molar-refractivity contribution in [1.29, 1.82) is 0 Å². The van der Waals surface area contributed by atoms with Gasteiger partial charge in [-0.05, 0) is 12.1 Å². The molecule has 1 aromatic rings. The molecule has 0 fully saturated rings. The number of amides is 1. The van der Waals surface area contributed by atoms with Gasteiger partial charge in [0.25, 0.3) is 0 Å². The molecule has 1 rings (SSSR count). The molecule has 0 unspecified atom stereocenters.